The Morgan fingerprint density at radius 2 is 1.64 bits per heavy atom. The Kier molecular flexibility index (Phi) is 5.71. The van der Waals surface area contributed by atoms with Gasteiger partial charge < -0.3 is 5.32 Å². The highest BCUT2D eigenvalue weighted by Gasteiger charge is 2.15. The number of benzene rings is 3. The zero-order valence-electron chi connectivity index (χ0n) is 15.1. The fourth-order valence-electron chi connectivity index (χ4n) is 3.08. The standard InChI is InChI=1S/C23H17FN2O.ClH/c1-15-13-17(24)11-12-20(15)26-23(27)19-14-22(16-7-3-2-4-8-16)25-21-10-6-5-9-18(19)21;/h2-14H,1H3,(H,26,27);1H. The molecule has 4 rings (SSSR count). The monoisotopic (exact) mass is 392 g/mol. The van der Waals surface area contributed by atoms with Gasteiger partial charge in [0.1, 0.15) is 5.82 Å². The summed E-state index contributed by atoms with van der Waals surface area (Å²) < 4.78 is 13.3. The molecule has 1 amide bonds. The van der Waals surface area contributed by atoms with Gasteiger partial charge in [0.2, 0.25) is 0 Å². The van der Waals surface area contributed by atoms with Crippen molar-refractivity contribution in [2.45, 2.75) is 6.92 Å². The summed E-state index contributed by atoms with van der Waals surface area (Å²) in [5, 5.41) is 3.66. The van der Waals surface area contributed by atoms with Gasteiger partial charge in [0.15, 0.2) is 0 Å². The number of nitrogens with zero attached hydrogens (tertiary/aromatic N) is 1. The number of carbonyl (C=O) groups excluding carboxylic acids is 1. The van der Waals surface area contributed by atoms with Gasteiger partial charge in [-0.1, -0.05) is 48.5 Å². The molecule has 0 unspecified atom stereocenters. The maximum atomic E-state index is 13.3. The molecule has 0 aliphatic heterocycles. The number of anilines is 1. The molecule has 28 heavy (non-hydrogen) atoms. The first-order valence-electron chi connectivity index (χ1n) is 8.64. The maximum absolute atomic E-state index is 13.3. The van der Waals surface area contributed by atoms with Crippen molar-refractivity contribution in [3.8, 4) is 11.3 Å². The molecule has 3 nitrogen and oxygen atoms in total. The van der Waals surface area contributed by atoms with Crippen molar-refractivity contribution in [1.82, 2.24) is 4.98 Å². The molecule has 0 spiro atoms. The van der Waals surface area contributed by atoms with Gasteiger partial charge in [0.25, 0.3) is 5.91 Å². The number of fused-ring (bicyclic) bond motifs is 1. The van der Waals surface area contributed by atoms with E-state index in [2.05, 4.69) is 5.32 Å². The Bertz CT molecular complexity index is 1150. The highest BCUT2D eigenvalue weighted by Crippen LogP contribution is 2.26. The maximum Gasteiger partial charge on any atom is 0.256 e. The molecule has 1 aromatic heterocycles. The van der Waals surface area contributed by atoms with E-state index in [0.717, 1.165) is 22.2 Å². The summed E-state index contributed by atoms with van der Waals surface area (Å²) in [7, 11) is 0. The summed E-state index contributed by atoms with van der Waals surface area (Å²) in [6.45, 7) is 1.76. The number of carbonyl (C=O) groups is 1. The van der Waals surface area contributed by atoms with E-state index >= 15 is 0 Å². The minimum absolute atomic E-state index is 0. The van der Waals surface area contributed by atoms with E-state index < -0.39 is 0 Å². The van der Waals surface area contributed by atoms with Crippen LogP contribution < -0.4 is 5.32 Å². The lowest BCUT2D eigenvalue weighted by Gasteiger charge is -2.12. The fraction of sp³-hybridized carbons (Fsp3) is 0.0435. The van der Waals surface area contributed by atoms with Crippen molar-refractivity contribution >= 4 is 34.9 Å². The predicted molar refractivity (Wildman–Crippen MR) is 114 cm³/mol. The lowest BCUT2D eigenvalue weighted by Crippen LogP contribution is -2.14. The van der Waals surface area contributed by atoms with E-state index in [1.165, 1.54) is 12.1 Å². The van der Waals surface area contributed by atoms with Crippen molar-refractivity contribution in [3.63, 3.8) is 0 Å². The molecule has 140 valence electrons. The minimum Gasteiger partial charge on any atom is -0.322 e. The van der Waals surface area contributed by atoms with Gasteiger partial charge in [-0.3, -0.25) is 4.79 Å². The first-order chi connectivity index (χ1) is 13.1. The highest BCUT2D eigenvalue weighted by molar-refractivity contribution is 6.13. The summed E-state index contributed by atoms with van der Waals surface area (Å²) in [6, 6.07) is 23.4. The predicted octanol–water partition coefficient (Wildman–Crippen LogP) is 6.02. The molecule has 0 saturated carbocycles. The summed E-state index contributed by atoms with van der Waals surface area (Å²) in [4.78, 5) is 17.7. The quantitative estimate of drug-likeness (QED) is 0.463. The molecule has 0 bridgehead atoms. The van der Waals surface area contributed by atoms with Gasteiger partial charge in [0, 0.05) is 16.6 Å². The third-order valence-electron chi connectivity index (χ3n) is 4.47. The molecule has 0 atom stereocenters. The van der Waals surface area contributed by atoms with Crippen molar-refractivity contribution in [1.29, 1.82) is 0 Å². The second-order valence-electron chi connectivity index (χ2n) is 6.35. The van der Waals surface area contributed by atoms with Crippen LogP contribution in [0, 0.1) is 12.7 Å². The molecule has 1 heterocycles. The zero-order chi connectivity index (χ0) is 18.8. The lowest BCUT2D eigenvalue weighted by atomic mass is 10.0. The number of hydrogen-bond acceptors (Lipinski definition) is 2. The van der Waals surface area contributed by atoms with E-state index in [-0.39, 0.29) is 24.1 Å². The largest absolute Gasteiger partial charge is 0.322 e. The zero-order valence-corrected chi connectivity index (χ0v) is 16.0. The molecule has 0 aliphatic rings. The number of amides is 1. The van der Waals surface area contributed by atoms with Gasteiger partial charge in [-0.25, -0.2) is 9.37 Å². The summed E-state index contributed by atoms with van der Waals surface area (Å²) in [5.74, 6) is -0.577. The Labute approximate surface area is 168 Å². The summed E-state index contributed by atoms with van der Waals surface area (Å²) in [5.41, 5.74) is 4.21. The second-order valence-corrected chi connectivity index (χ2v) is 6.35. The van der Waals surface area contributed by atoms with Crippen LogP contribution in [0.4, 0.5) is 10.1 Å². The van der Waals surface area contributed by atoms with E-state index in [4.69, 9.17) is 4.98 Å². The molecule has 0 aliphatic carbocycles. The van der Waals surface area contributed by atoms with E-state index in [9.17, 15) is 9.18 Å². The first kappa shape index (κ1) is 19.5. The van der Waals surface area contributed by atoms with Crippen LogP contribution in [-0.2, 0) is 0 Å². The number of nitrogens with one attached hydrogen (secondary N) is 1. The normalized spacial score (nSPS) is 10.4. The minimum atomic E-state index is -0.328. The number of para-hydroxylation sites is 1. The average molecular weight is 393 g/mol. The Morgan fingerprint density at radius 3 is 2.39 bits per heavy atom. The van der Waals surface area contributed by atoms with Crippen LogP contribution in [0.5, 0.6) is 0 Å². The van der Waals surface area contributed by atoms with Crippen molar-refractivity contribution in [3.05, 3.63) is 95.8 Å². The number of hydrogen-bond donors (Lipinski definition) is 1. The van der Waals surface area contributed by atoms with Crippen molar-refractivity contribution < 1.29 is 9.18 Å². The lowest BCUT2D eigenvalue weighted by molar-refractivity contribution is 0.102. The molecule has 1 N–H and O–H groups in total. The molecule has 0 saturated heterocycles. The molecule has 5 heteroatoms. The van der Waals surface area contributed by atoms with Gasteiger partial charge in [-0.15, -0.1) is 12.4 Å². The molecule has 0 fully saturated rings. The van der Waals surface area contributed by atoms with Crippen molar-refractivity contribution in [2.75, 3.05) is 5.32 Å². The van der Waals surface area contributed by atoms with Crippen LogP contribution in [0.3, 0.4) is 0 Å². The molecule has 0 radical (unpaired) electrons. The molecule has 3 aromatic carbocycles. The van der Waals surface area contributed by atoms with E-state index in [1.54, 1.807) is 19.1 Å². The molecular weight excluding hydrogens is 375 g/mol. The van der Waals surface area contributed by atoms with Crippen LogP contribution in [0.25, 0.3) is 22.2 Å². The Balaban J connectivity index is 0.00000225. The number of aryl methyl sites for hydroxylation is 1. The van der Waals surface area contributed by atoms with Crippen molar-refractivity contribution in [2.24, 2.45) is 0 Å². The summed E-state index contributed by atoms with van der Waals surface area (Å²) >= 11 is 0. The number of rotatable bonds is 3. The van der Waals surface area contributed by atoms with Crippen LogP contribution >= 0.6 is 12.4 Å². The Hall–Kier alpha value is -3.24. The average Bonchev–Trinajstić information content (AvgIpc) is 2.70. The van der Waals surface area contributed by atoms with E-state index in [0.29, 0.717) is 16.8 Å². The molecule has 4 aromatic rings. The SMILES string of the molecule is Cc1cc(F)ccc1NC(=O)c1cc(-c2ccccc2)nc2ccccc12.Cl. The van der Waals surface area contributed by atoms with Gasteiger partial charge in [-0.05, 0) is 42.8 Å². The number of halogens is 2. The number of pyridine rings is 1. The van der Waals surface area contributed by atoms with Crippen LogP contribution in [0.2, 0.25) is 0 Å². The third-order valence-corrected chi connectivity index (χ3v) is 4.47. The second kappa shape index (κ2) is 8.19. The van der Waals surface area contributed by atoms with Crippen LogP contribution in [0.1, 0.15) is 15.9 Å². The van der Waals surface area contributed by atoms with Crippen LogP contribution in [0.15, 0.2) is 78.9 Å². The Morgan fingerprint density at radius 1 is 0.929 bits per heavy atom. The first-order valence-corrected chi connectivity index (χ1v) is 8.64. The molecular formula is C23H18ClFN2O. The third kappa shape index (κ3) is 3.87. The van der Waals surface area contributed by atoms with Gasteiger partial charge in [-0.2, -0.15) is 0 Å². The smallest absolute Gasteiger partial charge is 0.256 e. The number of aromatic nitrogens is 1. The highest BCUT2D eigenvalue weighted by atomic mass is 35.5. The van der Waals surface area contributed by atoms with E-state index in [1.807, 2.05) is 54.6 Å². The van der Waals surface area contributed by atoms with Crippen LogP contribution in [-0.4, -0.2) is 10.9 Å². The fourth-order valence-corrected chi connectivity index (χ4v) is 3.08. The topological polar surface area (TPSA) is 42.0 Å². The van der Waals surface area contributed by atoms with Gasteiger partial charge >= 0.3 is 0 Å². The van der Waals surface area contributed by atoms with Gasteiger partial charge in [0.05, 0.1) is 16.8 Å². The summed E-state index contributed by atoms with van der Waals surface area (Å²) in [6.07, 6.45) is 0.